The van der Waals surface area contributed by atoms with Crippen molar-refractivity contribution in [2.75, 3.05) is 0 Å². The summed E-state index contributed by atoms with van der Waals surface area (Å²) in [6, 6.07) is 12.6. The number of aromatic nitrogens is 1. The van der Waals surface area contributed by atoms with E-state index in [4.69, 9.17) is 20.8 Å². The molecule has 1 aromatic heterocycles. The summed E-state index contributed by atoms with van der Waals surface area (Å²) in [6.45, 7) is 4.24. The molecule has 0 spiro atoms. The molecule has 1 N–H and O–H groups in total. The van der Waals surface area contributed by atoms with E-state index in [1.807, 2.05) is 38.1 Å². The third-order valence-electron chi connectivity index (χ3n) is 4.90. The number of fused-ring (bicyclic) bond motifs is 2. The molecule has 4 rings (SSSR count). The van der Waals surface area contributed by atoms with E-state index in [1.165, 1.54) is 4.57 Å². The number of nitrogens with zero attached hydrogens (tertiary/aromatic N) is 1. The van der Waals surface area contributed by atoms with Gasteiger partial charge in [0, 0.05) is 36.0 Å². The van der Waals surface area contributed by atoms with Gasteiger partial charge < -0.3 is 14.5 Å². The smallest absolute Gasteiger partial charge is 0.419 e. The van der Waals surface area contributed by atoms with Gasteiger partial charge in [-0.05, 0) is 32.0 Å². The Kier molecular flexibility index (Phi) is 4.67. The molecule has 1 atom stereocenters. The first-order valence-electron chi connectivity index (χ1n) is 9.19. The van der Waals surface area contributed by atoms with Crippen LogP contribution in [0.3, 0.4) is 0 Å². The Labute approximate surface area is 167 Å². The van der Waals surface area contributed by atoms with Crippen LogP contribution in [0.2, 0.25) is 5.02 Å². The number of para-hydroxylation sites is 1. The van der Waals surface area contributed by atoms with Crippen molar-refractivity contribution in [3.8, 4) is 5.75 Å². The highest BCUT2D eigenvalue weighted by molar-refractivity contribution is 6.31. The van der Waals surface area contributed by atoms with Crippen molar-refractivity contribution in [1.82, 2.24) is 9.88 Å². The number of ether oxygens (including phenoxy) is 1. The van der Waals surface area contributed by atoms with Crippen LogP contribution in [0.15, 0.2) is 51.7 Å². The zero-order valence-corrected chi connectivity index (χ0v) is 16.5. The van der Waals surface area contributed by atoms with Crippen LogP contribution in [0, 0.1) is 0 Å². The van der Waals surface area contributed by atoms with Gasteiger partial charge in [-0.2, -0.15) is 0 Å². The van der Waals surface area contributed by atoms with Gasteiger partial charge >= 0.3 is 5.76 Å². The van der Waals surface area contributed by atoms with E-state index in [9.17, 15) is 9.59 Å². The first-order chi connectivity index (χ1) is 13.3. The Morgan fingerprint density at radius 2 is 2.07 bits per heavy atom. The molecule has 0 fully saturated rings. The van der Waals surface area contributed by atoms with Crippen LogP contribution in [0.1, 0.15) is 38.3 Å². The summed E-state index contributed by atoms with van der Waals surface area (Å²) in [4.78, 5) is 24.7. The zero-order valence-electron chi connectivity index (χ0n) is 15.7. The monoisotopic (exact) mass is 400 g/mol. The van der Waals surface area contributed by atoms with Crippen LogP contribution in [-0.2, 0) is 11.3 Å². The summed E-state index contributed by atoms with van der Waals surface area (Å²) in [5, 5.41) is 3.58. The molecule has 2 heterocycles. The average molecular weight is 401 g/mol. The number of carbonyl (C=O) groups is 1. The van der Waals surface area contributed by atoms with Gasteiger partial charge in [0.2, 0.25) is 5.91 Å². The van der Waals surface area contributed by atoms with E-state index in [0.717, 1.165) is 11.3 Å². The SMILES string of the molecule is CC1(C)CC(NC(=O)CCn2c(=O)oc3cc(Cl)ccc32)c2ccccc2O1. The standard InChI is InChI=1S/C21H21ClN2O4/c1-21(2)12-15(14-5-3-4-6-17(14)28-21)23-19(25)9-10-24-16-8-7-13(22)11-18(16)27-20(24)26/h3-8,11,15H,9-10,12H2,1-2H3,(H,23,25). The predicted molar refractivity (Wildman–Crippen MR) is 107 cm³/mol. The molecule has 0 saturated carbocycles. The first-order valence-corrected chi connectivity index (χ1v) is 9.56. The normalized spacial score (nSPS) is 17.8. The minimum atomic E-state index is -0.498. The molecule has 146 valence electrons. The van der Waals surface area contributed by atoms with E-state index in [2.05, 4.69) is 5.32 Å². The van der Waals surface area contributed by atoms with Crippen LogP contribution < -0.4 is 15.8 Å². The molecule has 1 amide bonds. The first kappa shape index (κ1) is 18.6. The lowest BCUT2D eigenvalue weighted by Crippen LogP contribution is -2.41. The Morgan fingerprint density at radius 1 is 1.29 bits per heavy atom. The molecule has 0 saturated heterocycles. The molecule has 3 aromatic rings. The van der Waals surface area contributed by atoms with E-state index in [1.54, 1.807) is 18.2 Å². The number of halogens is 1. The minimum Gasteiger partial charge on any atom is -0.487 e. The van der Waals surface area contributed by atoms with Gasteiger partial charge in [0.1, 0.15) is 11.4 Å². The number of carbonyl (C=O) groups excluding carboxylic acids is 1. The van der Waals surface area contributed by atoms with Gasteiger partial charge in [0.15, 0.2) is 5.58 Å². The fraction of sp³-hybridized carbons (Fsp3) is 0.333. The van der Waals surface area contributed by atoms with Gasteiger partial charge in [-0.1, -0.05) is 29.8 Å². The molecule has 0 radical (unpaired) electrons. The Balaban J connectivity index is 1.49. The van der Waals surface area contributed by atoms with E-state index in [0.29, 0.717) is 22.5 Å². The number of nitrogens with one attached hydrogen (secondary N) is 1. The maximum absolute atomic E-state index is 12.6. The minimum absolute atomic E-state index is 0.132. The fourth-order valence-corrected chi connectivity index (χ4v) is 3.82. The molecule has 28 heavy (non-hydrogen) atoms. The van der Waals surface area contributed by atoms with Crippen LogP contribution in [-0.4, -0.2) is 16.1 Å². The lowest BCUT2D eigenvalue weighted by atomic mass is 9.89. The number of hydrogen-bond donors (Lipinski definition) is 1. The maximum Gasteiger partial charge on any atom is 0.419 e. The largest absolute Gasteiger partial charge is 0.487 e. The summed E-state index contributed by atoms with van der Waals surface area (Å²) in [7, 11) is 0. The van der Waals surface area contributed by atoms with E-state index in [-0.39, 0.29) is 30.5 Å². The lowest BCUT2D eigenvalue weighted by molar-refractivity contribution is -0.122. The highest BCUT2D eigenvalue weighted by Crippen LogP contribution is 2.39. The van der Waals surface area contributed by atoms with E-state index < -0.39 is 5.76 Å². The Bertz CT molecular complexity index is 1100. The van der Waals surface area contributed by atoms with Crippen molar-refractivity contribution in [3.63, 3.8) is 0 Å². The molecule has 2 aromatic carbocycles. The predicted octanol–water partition coefficient (Wildman–Crippen LogP) is 4.06. The molecule has 1 aliphatic heterocycles. The number of hydrogen-bond acceptors (Lipinski definition) is 4. The van der Waals surface area contributed by atoms with Crippen LogP contribution in [0.5, 0.6) is 5.75 Å². The zero-order chi connectivity index (χ0) is 19.9. The molecule has 7 heteroatoms. The van der Waals surface area contributed by atoms with Crippen molar-refractivity contribution in [3.05, 3.63) is 63.6 Å². The van der Waals surface area contributed by atoms with Gasteiger partial charge in [-0.3, -0.25) is 9.36 Å². The number of aryl methyl sites for hydroxylation is 1. The molecule has 6 nitrogen and oxygen atoms in total. The van der Waals surface area contributed by atoms with Gasteiger partial charge in [0.05, 0.1) is 11.6 Å². The molecule has 1 aliphatic rings. The summed E-state index contributed by atoms with van der Waals surface area (Å²) < 4.78 is 12.7. The molecule has 0 aliphatic carbocycles. The number of oxazole rings is 1. The average Bonchev–Trinajstić information content (AvgIpc) is 2.93. The van der Waals surface area contributed by atoms with Crippen LogP contribution >= 0.6 is 11.6 Å². The number of benzene rings is 2. The lowest BCUT2D eigenvalue weighted by Gasteiger charge is -2.37. The van der Waals surface area contributed by atoms with Gasteiger partial charge in [-0.15, -0.1) is 0 Å². The molecular weight excluding hydrogens is 380 g/mol. The highest BCUT2D eigenvalue weighted by Gasteiger charge is 2.34. The number of rotatable bonds is 4. The molecule has 1 unspecified atom stereocenters. The quantitative estimate of drug-likeness (QED) is 0.716. The van der Waals surface area contributed by atoms with Crippen molar-refractivity contribution in [2.24, 2.45) is 0 Å². The third kappa shape index (κ3) is 3.64. The second-order valence-corrected chi connectivity index (χ2v) is 8.04. The van der Waals surface area contributed by atoms with Crippen molar-refractivity contribution >= 4 is 28.6 Å². The highest BCUT2D eigenvalue weighted by atomic mass is 35.5. The van der Waals surface area contributed by atoms with E-state index >= 15 is 0 Å². The maximum atomic E-state index is 12.6. The fourth-order valence-electron chi connectivity index (χ4n) is 3.66. The topological polar surface area (TPSA) is 73.5 Å². The molecule has 0 bridgehead atoms. The van der Waals surface area contributed by atoms with Gasteiger partial charge in [0.25, 0.3) is 0 Å². The Morgan fingerprint density at radius 3 is 2.89 bits per heavy atom. The van der Waals surface area contributed by atoms with Gasteiger partial charge in [-0.25, -0.2) is 4.79 Å². The third-order valence-corrected chi connectivity index (χ3v) is 5.14. The van der Waals surface area contributed by atoms with Crippen molar-refractivity contribution < 1.29 is 13.9 Å². The van der Waals surface area contributed by atoms with Crippen LogP contribution in [0.4, 0.5) is 0 Å². The molecular formula is C21H21ClN2O4. The second kappa shape index (κ2) is 7.02. The van der Waals surface area contributed by atoms with Crippen molar-refractivity contribution in [1.29, 1.82) is 0 Å². The van der Waals surface area contributed by atoms with Crippen LogP contribution in [0.25, 0.3) is 11.1 Å². The summed E-state index contributed by atoms with van der Waals surface area (Å²) in [5.41, 5.74) is 1.64. The Hall–Kier alpha value is -2.73. The summed E-state index contributed by atoms with van der Waals surface area (Å²) in [6.07, 6.45) is 0.833. The van der Waals surface area contributed by atoms with Crippen molar-refractivity contribution in [2.45, 2.75) is 44.9 Å². The number of amides is 1. The second-order valence-electron chi connectivity index (χ2n) is 7.61. The summed E-state index contributed by atoms with van der Waals surface area (Å²) >= 11 is 5.93. The summed E-state index contributed by atoms with van der Waals surface area (Å²) in [5.74, 6) is 0.160.